The van der Waals surface area contributed by atoms with Crippen LogP contribution in [0.4, 0.5) is 0 Å². The van der Waals surface area contributed by atoms with Gasteiger partial charge >= 0.3 is 7.82 Å². The molecule has 0 aliphatic rings. The first-order valence-electron chi connectivity index (χ1n) is 18.7. The van der Waals surface area contributed by atoms with Crippen molar-refractivity contribution in [3.05, 3.63) is 0 Å². The van der Waals surface area contributed by atoms with E-state index in [1.54, 1.807) is 0 Å². The van der Waals surface area contributed by atoms with Gasteiger partial charge in [0.2, 0.25) is 5.91 Å². The second-order valence-electron chi connectivity index (χ2n) is 13.0. The minimum absolute atomic E-state index is 0.0622. The van der Waals surface area contributed by atoms with Crippen LogP contribution in [-0.4, -0.2) is 59.0 Å². The molecule has 1 amide bonds. The van der Waals surface area contributed by atoms with Crippen LogP contribution in [0.3, 0.4) is 0 Å². The first kappa shape index (κ1) is 44.5. The van der Waals surface area contributed by atoms with Crippen LogP contribution in [0.5, 0.6) is 0 Å². The quantitative estimate of drug-likeness (QED) is 0.0334. The maximum Gasteiger partial charge on any atom is 0.472 e. The number of nitrogens with one attached hydrogen (secondary N) is 1. The number of aliphatic hydroxyl groups is 2. The Morgan fingerprint density at radius 1 is 0.667 bits per heavy atom. The van der Waals surface area contributed by atoms with Gasteiger partial charge in [0.25, 0.3) is 0 Å². The number of nitrogens with two attached hydrogens (primary N) is 1. The number of carbonyl (C=O) groups is 1. The summed E-state index contributed by atoms with van der Waals surface area (Å²) in [4.78, 5) is 22.6. The van der Waals surface area contributed by atoms with Gasteiger partial charge in [-0.15, -0.1) is 0 Å². The van der Waals surface area contributed by atoms with Crippen molar-refractivity contribution in [2.75, 3.05) is 19.8 Å². The zero-order valence-corrected chi connectivity index (χ0v) is 30.1. The first-order chi connectivity index (χ1) is 21.8. The van der Waals surface area contributed by atoms with E-state index in [0.717, 1.165) is 38.5 Å². The third-order valence-corrected chi connectivity index (χ3v) is 9.50. The second-order valence-corrected chi connectivity index (χ2v) is 14.4. The van der Waals surface area contributed by atoms with Crippen molar-refractivity contribution in [1.82, 2.24) is 5.32 Å². The van der Waals surface area contributed by atoms with Gasteiger partial charge in [0.05, 0.1) is 37.9 Å². The van der Waals surface area contributed by atoms with Crippen LogP contribution >= 0.6 is 7.82 Å². The van der Waals surface area contributed by atoms with Crippen LogP contribution < -0.4 is 11.1 Å². The topological polar surface area (TPSA) is 151 Å². The summed E-state index contributed by atoms with van der Waals surface area (Å²) >= 11 is 0. The lowest BCUT2D eigenvalue weighted by Gasteiger charge is -2.25. The van der Waals surface area contributed by atoms with Gasteiger partial charge in [0.15, 0.2) is 0 Å². The maximum absolute atomic E-state index is 12.7. The van der Waals surface area contributed by atoms with Gasteiger partial charge in [0, 0.05) is 6.54 Å². The number of aliphatic hydroxyl groups excluding tert-OH is 2. The second kappa shape index (κ2) is 32.0. The number of rotatable bonds is 35. The molecule has 0 saturated heterocycles. The molecule has 0 aromatic heterocycles. The Morgan fingerprint density at radius 2 is 1.07 bits per heavy atom. The van der Waals surface area contributed by atoms with E-state index >= 15 is 0 Å². The third-order valence-electron chi connectivity index (χ3n) is 8.52. The van der Waals surface area contributed by atoms with Gasteiger partial charge in [-0.25, -0.2) is 4.57 Å². The van der Waals surface area contributed by atoms with E-state index in [9.17, 15) is 24.5 Å². The number of unbranched alkanes of at least 4 members (excludes halogenated alkanes) is 21. The van der Waals surface area contributed by atoms with Crippen LogP contribution in [0.15, 0.2) is 0 Å². The maximum atomic E-state index is 12.7. The van der Waals surface area contributed by atoms with Gasteiger partial charge in [-0.2, -0.15) is 0 Å². The Bertz CT molecular complexity index is 701. The normalized spacial score (nSPS) is 15.1. The number of phosphoric acid groups is 1. The molecule has 0 heterocycles. The van der Waals surface area contributed by atoms with E-state index in [2.05, 4.69) is 19.2 Å². The summed E-state index contributed by atoms with van der Waals surface area (Å²) < 4.78 is 22.0. The molecule has 0 aromatic rings. The van der Waals surface area contributed by atoms with Crippen molar-refractivity contribution >= 4 is 13.7 Å². The average Bonchev–Trinajstić information content (AvgIpc) is 3.01. The highest BCUT2D eigenvalue weighted by Gasteiger charge is 2.28. The highest BCUT2D eigenvalue weighted by atomic mass is 31.2. The number of phosphoric ester groups is 1. The summed E-state index contributed by atoms with van der Waals surface area (Å²) in [6.45, 7) is 4.02. The standard InChI is InChI=1S/C35H73N2O7P/c1-3-5-7-9-11-13-15-17-19-21-23-25-27-34(39)33(31-44-45(41,42)43-29-28-36)37-35(40)30-32(38)26-24-22-20-18-16-14-12-10-8-6-4-2/h32-34,38-39H,3-31,36H2,1-2H3,(H,37,40)(H,41,42). The van der Waals surface area contributed by atoms with E-state index in [1.807, 2.05) is 0 Å². The van der Waals surface area contributed by atoms with Crippen LogP contribution in [0.1, 0.15) is 181 Å². The Balaban J connectivity index is 4.38. The summed E-state index contributed by atoms with van der Waals surface area (Å²) in [7, 11) is -4.36. The molecule has 0 aliphatic heterocycles. The van der Waals surface area contributed by atoms with E-state index in [1.165, 1.54) is 109 Å². The summed E-state index contributed by atoms with van der Waals surface area (Å²) in [6, 6.07) is -0.888. The Kier molecular flexibility index (Phi) is 31.6. The molecule has 270 valence electrons. The van der Waals surface area contributed by atoms with Gasteiger partial charge in [-0.1, -0.05) is 162 Å². The average molecular weight is 665 g/mol. The van der Waals surface area contributed by atoms with Crippen molar-refractivity contribution in [3.8, 4) is 0 Å². The molecule has 0 fully saturated rings. The first-order valence-corrected chi connectivity index (χ1v) is 20.2. The van der Waals surface area contributed by atoms with Gasteiger partial charge in [-0.3, -0.25) is 13.8 Å². The number of carbonyl (C=O) groups excluding carboxylic acids is 1. The summed E-state index contributed by atoms with van der Waals surface area (Å²) in [5.74, 6) is -0.413. The number of amides is 1. The number of hydrogen-bond donors (Lipinski definition) is 5. The van der Waals surface area contributed by atoms with Crippen molar-refractivity contribution in [1.29, 1.82) is 0 Å². The lowest BCUT2D eigenvalue weighted by Crippen LogP contribution is -2.47. The van der Waals surface area contributed by atoms with Crippen LogP contribution in [0, 0.1) is 0 Å². The summed E-state index contributed by atoms with van der Waals surface area (Å²) in [6.07, 6.45) is 27.1. The van der Waals surface area contributed by atoms with Crippen molar-refractivity contribution in [3.63, 3.8) is 0 Å². The van der Waals surface area contributed by atoms with Gasteiger partial charge in [0.1, 0.15) is 0 Å². The predicted octanol–water partition coefficient (Wildman–Crippen LogP) is 8.47. The largest absolute Gasteiger partial charge is 0.472 e. The summed E-state index contributed by atoms with van der Waals surface area (Å²) in [5.41, 5.74) is 5.34. The third kappa shape index (κ3) is 30.5. The fraction of sp³-hybridized carbons (Fsp3) is 0.971. The Hall–Kier alpha value is -0.540. The molecular weight excluding hydrogens is 591 g/mol. The SMILES string of the molecule is CCCCCCCCCCCCCCC(O)C(COP(=O)(O)OCCN)NC(=O)CC(O)CCCCCCCCCCCCC. The molecule has 45 heavy (non-hydrogen) atoms. The monoisotopic (exact) mass is 665 g/mol. The Morgan fingerprint density at radius 3 is 1.49 bits per heavy atom. The molecule has 0 aliphatic carbocycles. The predicted molar refractivity (Wildman–Crippen MR) is 186 cm³/mol. The van der Waals surface area contributed by atoms with Crippen LogP contribution in [0.2, 0.25) is 0 Å². The van der Waals surface area contributed by atoms with Crippen LogP contribution in [0.25, 0.3) is 0 Å². The molecule has 4 unspecified atom stereocenters. The molecule has 0 rings (SSSR count). The molecule has 0 saturated carbocycles. The smallest absolute Gasteiger partial charge is 0.393 e. The highest BCUT2D eigenvalue weighted by molar-refractivity contribution is 7.47. The van der Waals surface area contributed by atoms with Crippen molar-refractivity contribution in [2.45, 2.75) is 199 Å². The lowest BCUT2D eigenvalue weighted by molar-refractivity contribution is -0.125. The van der Waals surface area contributed by atoms with Gasteiger partial charge in [-0.05, 0) is 12.8 Å². The molecule has 0 spiro atoms. The van der Waals surface area contributed by atoms with E-state index < -0.39 is 32.0 Å². The molecule has 4 atom stereocenters. The van der Waals surface area contributed by atoms with Crippen LogP contribution in [-0.2, 0) is 18.4 Å². The minimum atomic E-state index is -4.36. The molecule has 0 bridgehead atoms. The van der Waals surface area contributed by atoms with E-state index in [-0.39, 0.29) is 26.2 Å². The fourth-order valence-corrected chi connectivity index (χ4v) is 6.41. The highest BCUT2D eigenvalue weighted by Crippen LogP contribution is 2.43. The Labute approximate surface area is 276 Å². The fourth-order valence-electron chi connectivity index (χ4n) is 5.65. The molecule has 10 heteroatoms. The van der Waals surface area contributed by atoms with E-state index in [4.69, 9.17) is 14.8 Å². The molecular formula is C35H73N2O7P. The molecule has 0 radical (unpaired) electrons. The van der Waals surface area contributed by atoms with Crippen molar-refractivity contribution < 1.29 is 33.5 Å². The van der Waals surface area contributed by atoms with Gasteiger partial charge < -0.3 is 26.2 Å². The molecule has 0 aromatic carbocycles. The molecule has 9 nitrogen and oxygen atoms in total. The zero-order chi connectivity index (χ0) is 33.4. The minimum Gasteiger partial charge on any atom is -0.393 e. The van der Waals surface area contributed by atoms with E-state index in [0.29, 0.717) is 12.8 Å². The van der Waals surface area contributed by atoms with Crippen molar-refractivity contribution in [2.24, 2.45) is 5.73 Å². The number of hydrogen-bond acceptors (Lipinski definition) is 7. The lowest BCUT2D eigenvalue weighted by atomic mass is 10.0. The molecule has 6 N–H and O–H groups in total. The zero-order valence-electron chi connectivity index (χ0n) is 29.2. The summed E-state index contributed by atoms with van der Waals surface area (Å²) in [5, 5.41) is 24.0.